The number of carbonyl (C=O) groups is 1. The van der Waals surface area contributed by atoms with Crippen molar-refractivity contribution in [2.24, 2.45) is 0 Å². The molecular weight excluding hydrogens is 331 g/mol. The fourth-order valence-corrected chi connectivity index (χ4v) is 3.29. The SMILES string of the molecule is CC1CN(C(=O)c2cc(-c3ccc(F)cc3)nc3ccccc23)CCO1. The number of fused-ring (bicyclic) bond motifs is 1. The molecule has 4 nitrogen and oxygen atoms in total. The number of amides is 1. The normalized spacial score (nSPS) is 17.5. The highest BCUT2D eigenvalue weighted by Gasteiger charge is 2.24. The zero-order valence-electron chi connectivity index (χ0n) is 14.5. The molecule has 0 bridgehead atoms. The summed E-state index contributed by atoms with van der Waals surface area (Å²) >= 11 is 0. The molecule has 1 atom stereocenters. The predicted molar refractivity (Wildman–Crippen MR) is 98.5 cm³/mol. The Balaban J connectivity index is 1.82. The number of nitrogens with zero attached hydrogens (tertiary/aromatic N) is 2. The van der Waals surface area contributed by atoms with Gasteiger partial charge in [0.2, 0.25) is 0 Å². The smallest absolute Gasteiger partial charge is 0.254 e. The quantitative estimate of drug-likeness (QED) is 0.704. The summed E-state index contributed by atoms with van der Waals surface area (Å²) in [6, 6.07) is 15.6. The van der Waals surface area contributed by atoms with E-state index in [1.54, 1.807) is 18.2 Å². The summed E-state index contributed by atoms with van der Waals surface area (Å²) in [7, 11) is 0. The highest BCUT2D eigenvalue weighted by Crippen LogP contribution is 2.26. The summed E-state index contributed by atoms with van der Waals surface area (Å²) in [6.07, 6.45) is 0.0253. The summed E-state index contributed by atoms with van der Waals surface area (Å²) in [5.41, 5.74) is 2.80. The maximum atomic E-state index is 13.2. The lowest BCUT2D eigenvalue weighted by molar-refractivity contribution is -0.0123. The second-order valence-corrected chi connectivity index (χ2v) is 6.51. The van der Waals surface area contributed by atoms with Crippen LogP contribution in [0.2, 0.25) is 0 Å². The number of morpholine rings is 1. The van der Waals surface area contributed by atoms with E-state index in [0.29, 0.717) is 31.0 Å². The predicted octanol–water partition coefficient (Wildman–Crippen LogP) is 3.90. The van der Waals surface area contributed by atoms with Gasteiger partial charge >= 0.3 is 0 Å². The molecule has 2 aromatic carbocycles. The van der Waals surface area contributed by atoms with Crippen molar-refractivity contribution in [3.8, 4) is 11.3 Å². The first kappa shape index (κ1) is 16.7. The second kappa shape index (κ2) is 6.84. The van der Waals surface area contributed by atoms with Crippen molar-refractivity contribution in [1.82, 2.24) is 9.88 Å². The Morgan fingerprint density at radius 1 is 1.19 bits per heavy atom. The van der Waals surface area contributed by atoms with E-state index in [1.807, 2.05) is 36.1 Å². The number of carbonyl (C=O) groups excluding carboxylic acids is 1. The van der Waals surface area contributed by atoms with E-state index in [0.717, 1.165) is 16.5 Å². The largest absolute Gasteiger partial charge is 0.375 e. The van der Waals surface area contributed by atoms with Crippen LogP contribution in [-0.2, 0) is 4.74 Å². The summed E-state index contributed by atoms with van der Waals surface area (Å²) in [6.45, 7) is 3.65. The molecule has 5 heteroatoms. The Kier molecular flexibility index (Phi) is 4.39. The average molecular weight is 350 g/mol. The first-order valence-electron chi connectivity index (χ1n) is 8.68. The van der Waals surface area contributed by atoms with Crippen molar-refractivity contribution in [3.63, 3.8) is 0 Å². The minimum absolute atomic E-state index is 0.0253. The topological polar surface area (TPSA) is 42.4 Å². The molecular formula is C21H19FN2O2. The van der Waals surface area contributed by atoms with Gasteiger partial charge in [0.1, 0.15) is 5.82 Å². The molecule has 1 unspecified atom stereocenters. The Morgan fingerprint density at radius 2 is 1.96 bits per heavy atom. The number of hydrogen-bond donors (Lipinski definition) is 0. The molecule has 1 aliphatic heterocycles. The minimum atomic E-state index is -0.298. The average Bonchev–Trinajstić information content (AvgIpc) is 2.67. The molecule has 0 radical (unpaired) electrons. The number of para-hydroxylation sites is 1. The first-order chi connectivity index (χ1) is 12.6. The molecule has 0 spiro atoms. The van der Waals surface area contributed by atoms with Crippen molar-refractivity contribution in [2.75, 3.05) is 19.7 Å². The molecule has 4 rings (SSSR count). The molecule has 1 aromatic heterocycles. The molecule has 132 valence electrons. The number of benzene rings is 2. The lowest BCUT2D eigenvalue weighted by Crippen LogP contribution is -2.44. The van der Waals surface area contributed by atoms with Gasteiger partial charge in [-0.2, -0.15) is 0 Å². The van der Waals surface area contributed by atoms with Crippen LogP contribution >= 0.6 is 0 Å². The van der Waals surface area contributed by atoms with Crippen LogP contribution in [0.25, 0.3) is 22.2 Å². The van der Waals surface area contributed by atoms with Gasteiger partial charge in [0.15, 0.2) is 0 Å². The third-order valence-corrected chi connectivity index (χ3v) is 4.61. The van der Waals surface area contributed by atoms with Crippen LogP contribution in [0.5, 0.6) is 0 Å². The summed E-state index contributed by atoms with van der Waals surface area (Å²) in [5.74, 6) is -0.324. The maximum absolute atomic E-state index is 13.2. The van der Waals surface area contributed by atoms with E-state index in [9.17, 15) is 9.18 Å². The van der Waals surface area contributed by atoms with Gasteiger partial charge in [0, 0.05) is 24.0 Å². The molecule has 2 heterocycles. The third-order valence-electron chi connectivity index (χ3n) is 4.61. The number of rotatable bonds is 2. The van der Waals surface area contributed by atoms with Gasteiger partial charge in [0.25, 0.3) is 5.91 Å². The van der Waals surface area contributed by atoms with Crippen LogP contribution in [0.3, 0.4) is 0 Å². The zero-order valence-corrected chi connectivity index (χ0v) is 14.5. The maximum Gasteiger partial charge on any atom is 0.254 e. The van der Waals surface area contributed by atoms with Gasteiger partial charge in [-0.3, -0.25) is 4.79 Å². The van der Waals surface area contributed by atoms with E-state index in [1.165, 1.54) is 12.1 Å². The number of pyridine rings is 1. The number of hydrogen-bond acceptors (Lipinski definition) is 3. The fraction of sp³-hybridized carbons (Fsp3) is 0.238. The molecule has 3 aromatic rings. The standard InChI is InChI=1S/C21H19FN2O2/c1-14-13-24(10-11-26-14)21(25)18-12-20(15-6-8-16(22)9-7-15)23-19-5-3-2-4-17(18)19/h2-9,12,14H,10-11,13H2,1H3. The van der Waals surface area contributed by atoms with Crippen molar-refractivity contribution < 1.29 is 13.9 Å². The second-order valence-electron chi connectivity index (χ2n) is 6.51. The van der Waals surface area contributed by atoms with Crippen molar-refractivity contribution >= 4 is 16.8 Å². The van der Waals surface area contributed by atoms with Crippen LogP contribution in [0.4, 0.5) is 4.39 Å². The van der Waals surface area contributed by atoms with E-state index < -0.39 is 0 Å². The molecule has 1 saturated heterocycles. The fourth-order valence-electron chi connectivity index (χ4n) is 3.29. The molecule has 0 saturated carbocycles. The van der Waals surface area contributed by atoms with Crippen LogP contribution in [0, 0.1) is 5.82 Å². The Morgan fingerprint density at radius 3 is 2.73 bits per heavy atom. The van der Waals surface area contributed by atoms with E-state index in [4.69, 9.17) is 4.74 Å². The van der Waals surface area contributed by atoms with Gasteiger partial charge in [-0.1, -0.05) is 18.2 Å². The van der Waals surface area contributed by atoms with Crippen molar-refractivity contribution in [2.45, 2.75) is 13.0 Å². The van der Waals surface area contributed by atoms with Crippen LogP contribution in [0.1, 0.15) is 17.3 Å². The highest BCUT2D eigenvalue weighted by molar-refractivity contribution is 6.07. The lowest BCUT2D eigenvalue weighted by atomic mass is 10.0. The van der Waals surface area contributed by atoms with Crippen molar-refractivity contribution in [1.29, 1.82) is 0 Å². The van der Waals surface area contributed by atoms with E-state index >= 15 is 0 Å². The monoisotopic (exact) mass is 350 g/mol. The molecule has 1 fully saturated rings. The Hall–Kier alpha value is -2.79. The number of aromatic nitrogens is 1. The first-order valence-corrected chi connectivity index (χ1v) is 8.68. The van der Waals surface area contributed by atoms with Crippen LogP contribution < -0.4 is 0 Å². The van der Waals surface area contributed by atoms with E-state index in [2.05, 4.69) is 4.98 Å². The number of halogens is 1. The van der Waals surface area contributed by atoms with Crippen LogP contribution in [-0.4, -0.2) is 41.6 Å². The molecule has 1 aliphatic rings. The lowest BCUT2D eigenvalue weighted by Gasteiger charge is -2.31. The Bertz CT molecular complexity index is 956. The number of ether oxygens (including phenoxy) is 1. The minimum Gasteiger partial charge on any atom is -0.375 e. The summed E-state index contributed by atoms with van der Waals surface area (Å²) < 4.78 is 18.8. The Labute approximate surface area is 151 Å². The molecule has 1 amide bonds. The van der Waals surface area contributed by atoms with Crippen molar-refractivity contribution in [3.05, 3.63) is 66.0 Å². The van der Waals surface area contributed by atoms with E-state index in [-0.39, 0.29) is 17.8 Å². The third kappa shape index (κ3) is 3.18. The van der Waals surface area contributed by atoms with Gasteiger partial charge in [-0.25, -0.2) is 9.37 Å². The molecule has 0 aliphatic carbocycles. The van der Waals surface area contributed by atoms with Gasteiger partial charge in [-0.05, 0) is 43.3 Å². The summed E-state index contributed by atoms with van der Waals surface area (Å²) in [5, 5.41) is 0.822. The molecule has 0 N–H and O–H groups in total. The van der Waals surface area contributed by atoms with Gasteiger partial charge < -0.3 is 9.64 Å². The van der Waals surface area contributed by atoms with Gasteiger partial charge in [0.05, 0.1) is 29.5 Å². The zero-order chi connectivity index (χ0) is 18.1. The highest BCUT2D eigenvalue weighted by atomic mass is 19.1. The summed E-state index contributed by atoms with van der Waals surface area (Å²) in [4.78, 5) is 19.7. The van der Waals surface area contributed by atoms with Crippen LogP contribution in [0.15, 0.2) is 54.6 Å². The molecule has 26 heavy (non-hydrogen) atoms. The van der Waals surface area contributed by atoms with Gasteiger partial charge in [-0.15, -0.1) is 0 Å².